The van der Waals surface area contributed by atoms with Crippen LogP contribution in [0.2, 0.25) is 0 Å². The normalized spacial score (nSPS) is 22.2. The Hall–Kier alpha value is -0.650. The van der Waals surface area contributed by atoms with Crippen LogP contribution in [-0.2, 0) is 9.53 Å². The van der Waals surface area contributed by atoms with Crippen molar-refractivity contribution in [1.82, 2.24) is 5.32 Å². The average molecular weight is 440 g/mol. The van der Waals surface area contributed by atoms with E-state index >= 15 is 0 Å². The molecule has 3 unspecified atom stereocenters. The van der Waals surface area contributed by atoms with Gasteiger partial charge in [0.1, 0.15) is 5.60 Å². The molecule has 2 fully saturated rings. The fourth-order valence-electron chi connectivity index (χ4n) is 5.05. The predicted octanol–water partition coefficient (Wildman–Crippen LogP) is 4.83. The first kappa shape index (κ1) is 26.6. The highest BCUT2D eigenvalue weighted by Crippen LogP contribution is 2.36. The summed E-state index contributed by atoms with van der Waals surface area (Å²) in [6, 6.07) is -0.343. The zero-order chi connectivity index (χ0) is 23.0. The minimum absolute atomic E-state index is 0.151. The van der Waals surface area contributed by atoms with Crippen LogP contribution in [0.25, 0.3) is 0 Å². The molecule has 0 aromatic heterocycles. The lowest BCUT2D eigenvalue weighted by Crippen LogP contribution is -2.51. The monoisotopic (exact) mass is 439 g/mol. The van der Waals surface area contributed by atoms with Gasteiger partial charge in [0.05, 0.1) is 18.2 Å². The van der Waals surface area contributed by atoms with Crippen molar-refractivity contribution in [3.63, 3.8) is 0 Å². The molecule has 0 bridgehead atoms. The van der Waals surface area contributed by atoms with Gasteiger partial charge in [-0.2, -0.15) is 0 Å². The van der Waals surface area contributed by atoms with Gasteiger partial charge in [-0.15, -0.1) is 0 Å². The summed E-state index contributed by atoms with van der Waals surface area (Å²) in [6.45, 7) is 10.5. The Morgan fingerprint density at radius 3 is 2.13 bits per heavy atom. The molecule has 0 amide bonds. The van der Waals surface area contributed by atoms with Gasteiger partial charge in [-0.05, 0) is 70.3 Å². The molecule has 5 nitrogen and oxygen atoms in total. The van der Waals surface area contributed by atoms with Gasteiger partial charge in [0, 0.05) is 6.42 Å². The summed E-state index contributed by atoms with van der Waals surface area (Å²) in [7, 11) is 0. The molecule has 0 radical (unpaired) electrons. The van der Waals surface area contributed by atoms with Gasteiger partial charge >= 0.3 is 5.97 Å². The Kier molecular flexibility index (Phi) is 10.8. The van der Waals surface area contributed by atoms with E-state index in [-0.39, 0.29) is 17.9 Å². The van der Waals surface area contributed by atoms with Crippen molar-refractivity contribution in [2.24, 2.45) is 23.7 Å². The maximum Gasteiger partial charge on any atom is 0.306 e. The molecule has 3 N–H and O–H groups in total. The third-order valence-electron chi connectivity index (χ3n) is 6.72. The first-order chi connectivity index (χ1) is 14.5. The van der Waals surface area contributed by atoms with E-state index in [2.05, 4.69) is 19.2 Å². The molecule has 0 heterocycles. The highest BCUT2D eigenvalue weighted by atomic mass is 16.6. The van der Waals surface area contributed by atoms with Crippen molar-refractivity contribution >= 4 is 5.97 Å². The summed E-state index contributed by atoms with van der Waals surface area (Å²) in [6.07, 6.45) is 10.4. The van der Waals surface area contributed by atoms with Gasteiger partial charge in [0.25, 0.3) is 0 Å². The molecule has 0 saturated heterocycles. The van der Waals surface area contributed by atoms with Crippen molar-refractivity contribution in [3.8, 4) is 0 Å². The maximum atomic E-state index is 12.4. The van der Waals surface area contributed by atoms with Crippen molar-refractivity contribution in [2.75, 3.05) is 6.54 Å². The smallest absolute Gasteiger partial charge is 0.306 e. The Balaban J connectivity index is 1.97. The number of carbonyl (C=O) groups is 1. The maximum absolute atomic E-state index is 12.4. The fraction of sp³-hybridized carbons (Fsp3) is 0.962. The lowest BCUT2D eigenvalue weighted by atomic mass is 9.82. The lowest BCUT2D eigenvalue weighted by molar-refractivity contribution is -0.156. The Bertz CT molecular complexity index is 520. The molecule has 2 aliphatic rings. The van der Waals surface area contributed by atoms with Crippen molar-refractivity contribution < 1.29 is 19.7 Å². The molecule has 0 aromatic rings. The number of esters is 1. The fourth-order valence-corrected chi connectivity index (χ4v) is 5.05. The molecule has 31 heavy (non-hydrogen) atoms. The first-order valence-corrected chi connectivity index (χ1v) is 12.8. The number of ether oxygens (including phenoxy) is 1. The summed E-state index contributed by atoms with van der Waals surface area (Å²) in [5, 5.41) is 25.5. The SMILES string of the molecule is CC(C)CC(O)C(NC[C@@H](CC(=O)OC(C)(C)C)CC1CC1)C(O)CC1CCCCC1. The molecule has 2 saturated carbocycles. The third-order valence-corrected chi connectivity index (χ3v) is 6.72. The van der Waals surface area contributed by atoms with Crippen LogP contribution in [0.1, 0.15) is 105 Å². The summed E-state index contributed by atoms with van der Waals surface area (Å²) in [4.78, 5) is 12.4. The van der Waals surface area contributed by atoms with Crippen LogP contribution >= 0.6 is 0 Å². The zero-order valence-corrected chi connectivity index (χ0v) is 20.7. The number of rotatable bonds is 13. The lowest BCUT2D eigenvalue weighted by Gasteiger charge is -2.34. The third kappa shape index (κ3) is 11.2. The Morgan fingerprint density at radius 2 is 1.58 bits per heavy atom. The van der Waals surface area contributed by atoms with Crippen LogP contribution in [0.15, 0.2) is 0 Å². The van der Waals surface area contributed by atoms with Crippen LogP contribution in [0.5, 0.6) is 0 Å². The van der Waals surface area contributed by atoms with Crippen molar-refractivity contribution in [2.45, 2.75) is 129 Å². The van der Waals surface area contributed by atoms with Gasteiger partial charge in [0.15, 0.2) is 0 Å². The second-order valence-corrected chi connectivity index (χ2v) is 11.8. The van der Waals surface area contributed by atoms with Crippen molar-refractivity contribution in [3.05, 3.63) is 0 Å². The molecular weight excluding hydrogens is 390 g/mol. The molecule has 182 valence electrons. The van der Waals surface area contributed by atoms with Gasteiger partial charge in [-0.1, -0.05) is 58.8 Å². The number of aliphatic hydroxyl groups excluding tert-OH is 2. The van der Waals surface area contributed by atoms with Crippen LogP contribution in [0.3, 0.4) is 0 Å². The molecule has 2 rings (SSSR count). The largest absolute Gasteiger partial charge is 0.460 e. The summed E-state index contributed by atoms with van der Waals surface area (Å²) < 4.78 is 5.56. The number of hydrogen-bond acceptors (Lipinski definition) is 5. The van der Waals surface area contributed by atoms with Gasteiger partial charge < -0.3 is 20.3 Å². The Labute approximate surface area is 190 Å². The van der Waals surface area contributed by atoms with E-state index in [1.807, 2.05) is 20.8 Å². The predicted molar refractivity (Wildman–Crippen MR) is 126 cm³/mol. The second kappa shape index (κ2) is 12.6. The molecule has 0 spiro atoms. The molecule has 4 atom stereocenters. The quantitative estimate of drug-likeness (QED) is 0.358. The topological polar surface area (TPSA) is 78.8 Å². The number of aliphatic hydroxyl groups is 2. The second-order valence-electron chi connectivity index (χ2n) is 11.8. The summed E-state index contributed by atoms with van der Waals surface area (Å²) >= 11 is 0. The highest BCUT2D eigenvalue weighted by Gasteiger charge is 2.33. The number of nitrogens with one attached hydrogen (secondary N) is 1. The average Bonchev–Trinajstić information content (AvgIpc) is 3.44. The van der Waals surface area contributed by atoms with Gasteiger partial charge in [-0.3, -0.25) is 4.79 Å². The molecule has 2 aliphatic carbocycles. The van der Waals surface area contributed by atoms with E-state index < -0.39 is 17.8 Å². The van der Waals surface area contributed by atoms with E-state index in [0.29, 0.717) is 37.1 Å². The van der Waals surface area contributed by atoms with Gasteiger partial charge in [0.2, 0.25) is 0 Å². The van der Waals surface area contributed by atoms with E-state index in [9.17, 15) is 15.0 Å². The molecule has 0 aromatic carbocycles. The van der Waals surface area contributed by atoms with Crippen LogP contribution in [0.4, 0.5) is 0 Å². The van der Waals surface area contributed by atoms with Crippen LogP contribution in [-0.4, -0.2) is 46.6 Å². The summed E-state index contributed by atoms with van der Waals surface area (Å²) in [5.41, 5.74) is -0.471. The minimum Gasteiger partial charge on any atom is -0.460 e. The van der Waals surface area contributed by atoms with E-state index in [4.69, 9.17) is 4.74 Å². The molecular formula is C26H49NO4. The Morgan fingerprint density at radius 1 is 0.968 bits per heavy atom. The molecule has 0 aliphatic heterocycles. The van der Waals surface area contributed by atoms with E-state index in [0.717, 1.165) is 12.8 Å². The number of carbonyl (C=O) groups excluding carboxylic acids is 1. The zero-order valence-electron chi connectivity index (χ0n) is 20.7. The summed E-state index contributed by atoms with van der Waals surface area (Å²) in [5.74, 6) is 1.66. The standard InChI is InChI=1S/C26H49NO4/c1-18(2)13-22(28)25(23(29)15-19-9-7-6-8-10-19)27-17-21(14-20-11-12-20)16-24(30)31-26(3,4)5/h18-23,25,27-29H,6-17H2,1-5H3/t21-,22?,23?,25?/m1/s1. The van der Waals surface area contributed by atoms with Crippen LogP contribution in [0, 0.1) is 23.7 Å². The van der Waals surface area contributed by atoms with Crippen LogP contribution < -0.4 is 5.32 Å². The molecule has 5 heteroatoms. The van der Waals surface area contributed by atoms with E-state index in [1.165, 1.54) is 44.9 Å². The van der Waals surface area contributed by atoms with Gasteiger partial charge in [-0.25, -0.2) is 0 Å². The first-order valence-electron chi connectivity index (χ1n) is 12.8. The highest BCUT2D eigenvalue weighted by molar-refractivity contribution is 5.70. The van der Waals surface area contributed by atoms with E-state index in [1.54, 1.807) is 0 Å². The minimum atomic E-state index is -0.582. The number of hydrogen-bond donors (Lipinski definition) is 3. The van der Waals surface area contributed by atoms with Crippen molar-refractivity contribution in [1.29, 1.82) is 0 Å².